The molecular weight excluding hydrogens is 162 g/mol. The first kappa shape index (κ1) is 1.98. The van der Waals surface area contributed by atoms with Gasteiger partial charge in [0.2, 0.25) is 0 Å². The Kier molecular flexibility index (Phi) is 0.744. The van der Waals surface area contributed by atoms with Gasteiger partial charge in [0.05, 0.1) is 14.8 Å². The summed E-state index contributed by atoms with van der Waals surface area (Å²) in [5, 5.41) is 0. The zero-order valence-corrected chi connectivity index (χ0v) is 6.49. The number of hydrogen-bond donors (Lipinski definition) is 1. The predicted octanol–water partition coefficient (Wildman–Crippen LogP) is 2.18. The van der Waals surface area contributed by atoms with Gasteiger partial charge in [-0.1, -0.05) is 25.8 Å². The molecule has 0 aliphatic carbocycles. The molecule has 1 aromatic rings. The highest BCUT2D eigenvalue weighted by Crippen LogP contribution is 2.12. The summed E-state index contributed by atoms with van der Waals surface area (Å²) in [7, 11) is 0. The Morgan fingerprint density at radius 2 is 2.31 bits per heavy atom. The number of hydrogen-bond acceptors (Lipinski definition) is 2. The third-order valence-electron chi connectivity index (χ3n) is 1.00. The smallest absolute Gasteiger partial charge is 0.119 e. The first-order valence-corrected chi connectivity index (χ1v) is 3.20. The van der Waals surface area contributed by atoms with Gasteiger partial charge in [-0.2, -0.15) is 0 Å². The Hall–Kier alpha value is -1.02. The molecule has 0 atom stereocenters. The minimum absolute atomic E-state index is 0.862. The maximum atomic E-state index is 7.84. The van der Waals surface area contributed by atoms with Crippen LogP contribution in [-0.2, 0) is 6.50 Å². The van der Waals surface area contributed by atoms with Gasteiger partial charge in [0.1, 0.15) is 5.75 Å². The van der Waals surface area contributed by atoms with Crippen LogP contribution in [-0.4, -0.2) is 6.56 Å². The van der Waals surface area contributed by atoms with Gasteiger partial charge in [-0.05, 0) is 23.5 Å². The molecule has 2 heteroatoms. The van der Waals surface area contributed by atoms with Crippen molar-refractivity contribution in [2.24, 2.45) is 11.6 Å². The third kappa shape index (κ3) is 3.47. The highest BCUT2D eigenvalue weighted by Gasteiger charge is 1.96. The largest absolute Gasteiger partial charge is 0.493 e. The van der Waals surface area contributed by atoms with Crippen molar-refractivity contribution in [1.82, 2.24) is 0 Å². The number of ether oxygens (including phenoxy) is 1. The highest BCUT2D eigenvalue weighted by atomic mass is 16.5. The van der Waals surface area contributed by atoms with Crippen molar-refractivity contribution in [3.8, 4) is 5.75 Å². The van der Waals surface area contributed by atoms with Crippen molar-refractivity contribution in [3.05, 3.63) is 29.7 Å². The molecule has 0 heterocycles. The summed E-state index contributed by atoms with van der Waals surface area (Å²) in [4.78, 5) is 0. The Morgan fingerprint density at radius 1 is 1.62 bits per heavy atom. The van der Waals surface area contributed by atoms with E-state index in [9.17, 15) is 0 Å². The van der Waals surface area contributed by atoms with Crippen molar-refractivity contribution in [1.29, 1.82) is 0 Å². The summed E-state index contributed by atoms with van der Waals surface area (Å²) >= 11 is 0. The molecule has 0 aromatic heterocycles. The van der Waals surface area contributed by atoms with E-state index < -0.39 is 68.1 Å². The SMILES string of the molecule is [2H]c1c([2H])c(C([2H])([2H])N)c([2H])c([2H])c1OC([2H])([2H])C([2H])(C([2H])([2H])[2H])C([2H])([2H])[2H]. The molecule has 0 bridgehead atoms. The van der Waals surface area contributed by atoms with Gasteiger partial charge < -0.3 is 10.5 Å². The second-order valence-corrected chi connectivity index (χ2v) is 1.93. The van der Waals surface area contributed by atoms with Crippen molar-refractivity contribution < 1.29 is 25.3 Å². The molecule has 0 saturated carbocycles. The van der Waals surface area contributed by atoms with Gasteiger partial charge in [0.25, 0.3) is 0 Å². The second kappa shape index (κ2) is 4.87. The van der Waals surface area contributed by atoms with Crippen LogP contribution < -0.4 is 10.5 Å². The van der Waals surface area contributed by atoms with Crippen molar-refractivity contribution in [2.45, 2.75) is 20.2 Å². The summed E-state index contributed by atoms with van der Waals surface area (Å²) in [5.74, 6) is -5.03. The minimum atomic E-state index is -3.85. The molecule has 1 rings (SSSR count). The molecule has 1 aromatic carbocycles. The van der Waals surface area contributed by atoms with E-state index in [2.05, 4.69) is 4.74 Å². The molecule has 2 nitrogen and oxygen atoms in total. The topological polar surface area (TPSA) is 35.2 Å². The molecular formula is C11H17NO. The summed E-state index contributed by atoms with van der Waals surface area (Å²) in [5.41, 5.74) is 4.33. The number of benzene rings is 1. The second-order valence-electron chi connectivity index (χ2n) is 1.93. The van der Waals surface area contributed by atoms with Crippen LogP contribution in [0.3, 0.4) is 0 Å². The minimum Gasteiger partial charge on any atom is -0.493 e. The fourth-order valence-corrected chi connectivity index (χ4v) is 0.526. The Bertz CT molecular complexity index is 716. The van der Waals surface area contributed by atoms with Gasteiger partial charge in [0.15, 0.2) is 0 Å². The van der Waals surface area contributed by atoms with Crippen LogP contribution in [0.4, 0.5) is 0 Å². The average molecular weight is 194 g/mol. The fourth-order valence-electron chi connectivity index (χ4n) is 0.526. The lowest BCUT2D eigenvalue weighted by molar-refractivity contribution is 0.271. The van der Waals surface area contributed by atoms with Gasteiger partial charge in [-0.3, -0.25) is 0 Å². The lowest BCUT2D eigenvalue weighted by atomic mass is 10.2. The van der Waals surface area contributed by atoms with E-state index >= 15 is 0 Å². The summed E-state index contributed by atoms with van der Waals surface area (Å²) in [6.07, 6.45) is 0. The van der Waals surface area contributed by atoms with Crippen LogP contribution in [0.1, 0.15) is 39.8 Å². The van der Waals surface area contributed by atoms with Crippen LogP contribution in [0.25, 0.3) is 0 Å². The highest BCUT2D eigenvalue weighted by molar-refractivity contribution is 5.26. The van der Waals surface area contributed by atoms with E-state index in [-0.39, 0.29) is 0 Å². The first-order chi connectivity index (χ1) is 12.1. The summed E-state index contributed by atoms with van der Waals surface area (Å²) in [6, 6.07) is -4.30. The maximum Gasteiger partial charge on any atom is 0.119 e. The molecule has 0 unspecified atom stereocenters. The van der Waals surface area contributed by atoms with Gasteiger partial charge in [0, 0.05) is 18.8 Å². The van der Waals surface area contributed by atoms with Gasteiger partial charge in [-0.25, -0.2) is 0 Å². The Morgan fingerprint density at radius 3 is 2.85 bits per heavy atom. The third-order valence-corrected chi connectivity index (χ3v) is 1.00. The van der Waals surface area contributed by atoms with E-state index in [1.54, 1.807) is 0 Å². The molecule has 0 aliphatic heterocycles. The molecule has 0 radical (unpaired) electrons. The maximum absolute atomic E-state index is 7.84. The molecule has 0 spiro atoms. The van der Waals surface area contributed by atoms with Crippen LogP contribution >= 0.6 is 0 Å². The normalized spacial score (nSPS) is 32.2. The molecule has 13 heavy (non-hydrogen) atoms. The van der Waals surface area contributed by atoms with E-state index in [0.29, 0.717) is 0 Å². The molecule has 2 N–H and O–H groups in total. The molecule has 0 amide bonds. The van der Waals surface area contributed by atoms with Crippen molar-refractivity contribution in [3.63, 3.8) is 0 Å². The lowest BCUT2D eigenvalue weighted by Crippen LogP contribution is -2.04. The average Bonchev–Trinajstić information content (AvgIpc) is 2.45. The first-order valence-electron chi connectivity index (χ1n) is 10.7. The number of nitrogens with two attached hydrogens (primary N) is 1. The predicted molar refractivity (Wildman–Crippen MR) is 54.7 cm³/mol. The lowest BCUT2D eigenvalue weighted by Gasteiger charge is -2.08. The molecule has 0 aliphatic rings. The molecule has 0 fully saturated rings. The van der Waals surface area contributed by atoms with E-state index in [0.717, 1.165) is 0 Å². The van der Waals surface area contributed by atoms with E-state index in [4.69, 9.17) is 26.3 Å². The van der Waals surface area contributed by atoms with Crippen LogP contribution in [0.2, 0.25) is 0 Å². The number of rotatable bonds is 4. The summed E-state index contributed by atoms with van der Waals surface area (Å²) in [6.45, 7) is -14.1. The standard InChI is InChI=1S/C11H17NO/c1-9(2)8-13-11-5-3-10(7-12)4-6-11/h3-6,9H,7-8,12H2,1-2H3/i1D3,2D3,3D,4D,5D,6D,7D2,8D2,9D. The van der Waals surface area contributed by atoms with Gasteiger partial charge in [-0.15, -0.1) is 0 Å². The van der Waals surface area contributed by atoms with Crippen LogP contribution in [0.5, 0.6) is 5.75 Å². The quantitative estimate of drug-likeness (QED) is 0.797. The zero-order valence-electron chi connectivity index (χ0n) is 21.5. The summed E-state index contributed by atoms with van der Waals surface area (Å²) < 4.78 is 118. The van der Waals surface area contributed by atoms with Crippen molar-refractivity contribution in [2.75, 3.05) is 6.56 Å². The van der Waals surface area contributed by atoms with Crippen LogP contribution in [0, 0.1) is 5.89 Å². The monoisotopic (exact) mass is 194 g/mol. The van der Waals surface area contributed by atoms with Crippen LogP contribution in [0.15, 0.2) is 24.2 Å². The van der Waals surface area contributed by atoms with E-state index in [1.807, 2.05) is 0 Å². The Balaban J connectivity index is 3.73. The fraction of sp³-hybridized carbons (Fsp3) is 0.455. The zero-order chi connectivity index (χ0) is 22.7. The Labute approximate surface area is 101 Å². The van der Waals surface area contributed by atoms with E-state index in [1.165, 1.54) is 0 Å². The van der Waals surface area contributed by atoms with Gasteiger partial charge >= 0.3 is 0 Å². The molecule has 72 valence electrons. The van der Waals surface area contributed by atoms with Crippen molar-refractivity contribution >= 4 is 0 Å². The molecule has 0 saturated heterocycles.